The number of aromatic nitrogens is 1. The Hall–Kier alpha value is -4.26. The van der Waals surface area contributed by atoms with Gasteiger partial charge in [0.25, 0.3) is 17.2 Å². The Morgan fingerprint density at radius 3 is 2.42 bits per heavy atom. The molecule has 166 valence electrons. The van der Waals surface area contributed by atoms with Gasteiger partial charge in [0.1, 0.15) is 0 Å². The summed E-state index contributed by atoms with van der Waals surface area (Å²) in [4.78, 5) is 41.5. The second-order valence-corrected chi connectivity index (χ2v) is 8.20. The second-order valence-electron chi connectivity index (χ2n) is 8.20. The Morgan fingerprint density at radius 1 is 0.970 bits per heavy atom. The van der Waals surface area contributed by atoms with Gasteiger partial charge in [-0.15, -0.1) is 0 Å². The standard InChI is InChI=1S/C26H23N3O4/c1-16-8-10-24(18(3)11-16)28(26(31)19-5-4-6-22(14-19)29(32)33)15-21-13-20-12-17(2)7-9-23(20)27-25(21)30/h4-14H,15H2,1-3H3,(H,27,30). The molecule has 0 spiro atoms. The number of aryl methyl sites for hydroxylation is 3. The van der Waals surface area contributed by atoms with Gasteiger partial charge in [0.05, 0.1) is 11.5 Å². The quantitative estimate of drug-likeness (QED) is 0.340. The van der Waals surface area contributed by atoms with Gasteiger partial charge < -0.3 is 9.88 Å². The summed E-state index contributed by atoms with van der Waals surface area (Å²) in [5.74, 6) is -0.422. The van der Waals surface area contributed by atoms with E-state index in [0.717, 1.165) is 27.6 Å². The smallest absolute Gasteiger partial charge is 0.270 e. The highest BCUT2D eigenvalue weighted by molar-refractivity contribution is 6.06. The molecule has 0 radical (unpaired) electrons. The first-order chi connectivity index (χ1) is 15.7. The van der Waals surface area contributed by atoms with Crippen molar-refractivity contribution in [2.45, 2.75) is 27.3 Å². The minimum atomic E-state index is -0.533. The van der Waals surface area contributed by atoms with Gasteiger partial charge in [0.15, 0.2) is 0 Å². The number of rotatable bonds is 5. The molecule has 4 aromatic rings. The molecule has 1 heterocycles. The first kappa shape index (κ1) is 22.0. The first-order valence-corrected chi connectivity index (χ1v) is 10.5. The van der Waals surface area contributed by atoms with Gasteiger partial charge in [-0.3, -0.25) is 19.7 Å². The summed E-state index contributed by atoms with van der Waals surface area (Å²) in [5.41, 5.74) is 4.47. The molecule has 1 amide bonds. The number of aromatic amines is 1. The molecule has 0 aliphatic heterocycles. The van der Waals surface area contributed by atoms with Gasteiger partial charge >= 0.3 is 0 Å². The lowest BCUT2D eigenvalue weighted by atomic mass is 10.1. The number of nitrogens with one attached hydrogen (secondary N) is 1. The summed E-state index contributed by atoms with van der Waals surface area (Å²) in [6.07, 6.45) is 0. The summed E-state index contributed by atoms with van der Waals surface area (Å²) in [7, 11) is 0. The molecule has 7 heteroatoms. The largest absolute Gasteiger partial charge is 0.322 e. The average molecular weight is 441 g/mol. The molecule has 0 aliphatic carbocycles. The summed E-state index contributed by atoms with van der Waals surface area (Å²) in [6, 6.07) is 18.8. The Kier molecular flexibility index (Phi) is 5.79. The van der Waals surface area contributed by atoms with Crippen LogP contribution in [0.2, 0.25) is 0 Å². The van der Waals surface area contributed by atoms with Crippen molar-refractivity contribution >= 4 is 28.2 Å². The zero-order valence-electron chi connectivity index (χ0n) is 18.6. The van der Waals surface area contributed by atoms with Gasteiger partial charge in [-0.25, -0.2) is 0 Å². The van der Waals surface area contributed by atoms with E-state index in [2.05, 4.69) is 4.98 Å². The molecule has 3 aromatic carbocycles. The summed E-state index contributed by atoms with van der Waals surface area (Å²) in [6.45, 7) is 5.84. The summed E-state index contributed by atoms with van der Waals surface area (Å²) in [5, 5.41) is 12.1. The SMILES string of the molecule is Cc1ccc(N(Cc2cc3cc(C)ccc3[nH]c2=O)C(=O)c2cccc([N+](=O)[O-])c2)c(C)c1. The lowest BCUT2D eigenvalue weighted by Gasteiger charge is -2.25. The van der Waals surface area contributed by atoms with Crippen LogP contribution in [0.15, 0.2) is 71.5 Å². The highest BCUT2D eigenvalue weighted by Gasteiger charge is 2.23. The third-order valence-corrected chi connectivity index (χ3v) is 5.60. The number of pyridine rings is 1. The van der Waals surface area contributed by atoms with E-state index in [-0.39, 0.29) is 23.4 Å². The van der Waals surface area contributed by atoms with Crippen LogP contribution in [-0.2, 0) is 6.54 Å². The van der Waals surface area contributed by atoms with Gasteiger partial charge in [0, 0.05) is 34.5 Å². The Morgan fingerprint density at radius 2 is 1.70 bits per heavy atom. The third-order valence-electron chi connectivity index (χ3n) is 5.60. The summed E-state index contributed by atoms with van der Waals surface area (Å²) >= 11 is 0. The van der Waals surface area contributed by atoms with E-state index in [1.54, 1.807) is 12.1 Å². The maximum absolute atomic E-state index is 13.6. The average Bonchev–Trinajstić information content (AvgIpc) is 2.78. The van der Waals surface area contributed by atoms with E-state index < -0.39 is 10.8 Å². The zero-order valence-corrected chi connectivity index (χ0v) is 18.6. The molecule has 0 atom stereocenters. The highest BCUT2D eigenvalue weighted by atomic mass is 16.6. The van der Waals surface area contributed by atoms with E-state index in [9.17, 15) is 19.7 Å². The molecule has 0 saturated carbocycles. The van der Waals surface area contributed by atoms with Crippen molar-refractivity contribution in [2.24, 2.45) is 0 Å². The molecule has 0 bridgehead atoms. The van der Waals surface area contributed by atoms with E-state index in [4.69, 9.17) is 0 Å². The molecule has 4 rings (SSSR count). The van der Waals surface area contributed by atoms with E-state index >= 15 is 0 Å². The molecular formula is C26H23N3O4. The van der Waals surface area contributed by atoms with E-state index in [1.165, 1.54) is 23.1 Å². The lowest BCUT2D eigenvalue weighted by Crippen LogP contribution is -2.33. The van der Waals surface area contributed by atoms with Crippen molar-refractivity contribution < 1.29 is 9.72 Å². The van der Waals surface area contributed by atoms with Crippen LogP contribution in [0.3, 0.4) is 0 Å². The monoisotopic (exact) mass is 441 g/mol. The van der Waals surface area contributed by atoms with Crippen LogP contribution in [0.25, 0.3) is 10.9 Å². The highest BCUT2D eigenvalue weighted by Crippen LogP contribution is 2.26. The van der Waals surface area contributed by atoms with Crippen LogP contribution in [0.4, 0.5) is 11.4 Å². The molecule has 0 saturated heterocycles. The Labute approximate surface area is 190 Å². The molecule has 7 nitrogen and oxygen atoms in total. The van der Waals surface area contributed by atoms with E-state index in [0.29, 0.717) is 11.3 Å². The number of hydrogen-bond donors (Lipinski definition) is 1. The normalized spacial score (nSPS) is 10.9. The number of non-ortho nitro benzene ring substituents is 1. The fourth-order valence-electron chi connectivity index (χ4n) is 3.94. The molecular weight excluding hydrogens is 418 g/mol. The number of amides is 1. The number of fused-ring (bicyclic) bond motifs is 1. The fraction of sp³-hybridized carbons (Fsp3) is 0.154. The second kappa shape index (κ2) is 8.70. The first-order valence-electron chi connectivity index (χ1n) is 10.5. The minimum absolute atomic E-state index is 0.0185. The van der Waals surface area contributed by atoms with Crippen molar-refractivity contribution in [2.75, 3.05) is 4.90 Å². The van der Waals surface area contributed by atoms with Crippen LogP contribution in [0, 0.1) is 30.9 Å². The van der Waals surface area contributed by atoms with Crippen LogP contribution < -0.4 is 10.5 Å². The Bertz CT molecular complexity index is 1460. The van der Waals surface area contributed by atoms with Crippen LogP contribution in [-0.4, -0.2) is 15.8 Å². The predicted octanol–water partition coefficient (Wildman–Crippen LogP) is 5.21. The van der Waals surface area contributed by atoms with Crippen molar-refractivity contribution in [1.29, 1.82) is 0 Å². The van der Waals surface area contributed by atoms with Crippen LogP contribution in [0.5, 0.6) is 0 Å². The zero-order chi connectivity index (χ0) is 23.7. The molecule has 1 aromatic heterocycles. The molecule has 0 unspecified atom stereocenters. The lowest BCUT2D eigenvalue weighted by molar-refractivity contribution is -0.384. The Balaban J connectivity index is 1.83. The third kappa shape index (κ3) is 4.52. The predicted molar refractivity (Wildman–Crippen MR) is 129 cm³/mol. The van der Waals surface area contributed by atoms with Gasteiger partial charge in [0.2, 0.25) is 0 Å². The van der Waals surface area contributed by atoms with Gasteiger partial charge in [-0.2, -0.15) is 0 Å². The van der Waals surface area contributed by atoms with Gasteiger partial charge in [-0.1, -0.05) is 35.4 Å². The van der Waals surface area contributed by atoms with Crippen LogP contribution >= 0.6 is 0 Å². The topological polar surface area (TPSA) is 96.3 Å². The maximum atomic E-state index is 13.6. The number of benzene rings is 3. The molecule has 33 heavy (non-hydrogen) atoms. The summed E-state index contributed by atoms with van der Waals surface area (Å²) < 4.78 is 0. The number of carbonyl (C=O) groups excluding carboxylic acids is 1. The fourth-order valence-corrected chi connectivity index (χ4v) is 3.94. The number of hydrogen-bond acceptors (Lipinski definition) is 4. The minimum Gasteiger partial charge on any atom is -0.322 e. The number of nitro groups is 1. The van der Waals surface area contributed by atoms with E-state index in [1.807, 2.05) is 57.2 Å². The van der Waals surface area contributed by atoms with Crippen LogP contribution in [0.1, 0.15) is 32.6 Å². The van der Waals surface area contributed by atoms with Crippen molar-refractivity contribution in [3.05, 3.63) is 115 Å². The number of nitro benzene ring substituents is 1. The number of carbonyl (C=O) groups is 1. The van der Waals surface area contributed by atoms with Gasteiger partial charge in [-0.05, 0) is 62.1 Å². The molecule has 1 N–H and O–H groups in total. The molecule has 0 aliphatic rings. The van der Waals surface area contributed by atoms with Crippen molar-refractivity contribution in [3.63, 3.8) is 0 Å². The number of H-pyrrole nitrogens is 1. The molecule has 0 fully saturated rings. The van der Waals surface area contributed by atoms with Crippen molar-refractivity contribution in [1.82, 2.24) is 4.98 Å². The maximum Gasteiger partial charge on any atom is 0.270 e. The number of anilines is 1. The number of nitrogens with zero attached hydrogens (tertiary/aromatic N) is 2. The van der Waals surface area contributed by atoms with Crippen molar-refractivity contribution in [3.8, 4) is 0 Å².